The molecule has 0 spiro atoms. The SMILES string of the molecule is NCC(NC(=O)c1ccc(Br)cc1F)C1CCCCC1. The van der Waals surface area contributed by atoms with E-state index in [9.17, 15) is 9.18 Å². The highest BCUT2D eigenvalue weighted by Gasteiger charge is 2.25. The van der Waals surface area contributed by atoms with Crippen LogP contribution in [-0.4, -0.2) is 18.5 Å². The smallest absolute Gasteiger partial charge is 0.254 e. The van der Waals surface area contributed by atoms with Crippen molar-refractivity contribution in [1.29, 1.82) is 0 Å². The highest BCUT2D eigenvalue weighted by atomic mass is 79.9. The molecule has 0 heterocycles. The Bertz CT molecular complexity index is 475. The number of rotatable bonds is 4. The van der Waals surface area contributed by atoms with Gasteiger partial charge in [0.2, 0.25) is 0 Å². The standard InChI is InChI=1S/C15H20BrFN2O/c16-11-6-7-12(13(17)8-11)15(20)19-14(9-18)10-4-2-1-3-5-10/h6-8,10,14H,1-5,9,18H2,(H,19,20). The van der Waals surface area contributed by atoms with E-state index in [4.69, 9.17) is 5.73 Å². The molecule has 1 aromatic rings. The number of hydrogen-bond acceptors (Lipinski definition) is 2. The molecule has 1 fully saturated rings. The van der Waals surface area contributed by atoms with Crippen LogP contribution in [-0.2, 0) is 0 Å². The zero-order valence-electron chi connectivity index (χ0n) is 11.4. The van der Waals surface area contributed by atoms with Crippen LogP contribution in [0.4, 0.5) is 4.39 Å². The molecule has 0 saturated heterocycles. The predicted octanol–water partition coefficient (Wildman–Crippen LogP) is 3.23. The molecule has 1 unspecified atom stereocenters. The van der Waals surface area contributed by atoms with Crippen molar-refractivity contribution in [3.8, 4) is 0 Å². The lowest BCUT2D eigenvalue weighted by atomic mass is 9.84. The Labute approximate surface area is 127 Å². The molecule has 1 saturated carbocycles. The Morgan fingerprint density at radius 3 is 2.70 bits per heavy atom. The fourth-order valence-electron chi connectivity index (χ4n) is 2.83. The fraction of sp³-hybridized carbons (Fsp3) is 0.533. The molecule has 0 bridgehead atoms. The maximum atomic E-state index is 13.8. The minimum atomic E-state index is -0.517. The summed E-state index contributed by atoms with van der Waals surface area (Å²) in [5.74, 6) is -0.483. The van der Waals surface area contributed by atoms with Crippen LogP contribution in [0.1, 0.15) is 42.5 Å². The third-order valence-corrected chi connectivity index (χ3v) is 4.46. The molecule has 3 N–H and O–H groups in total. The Morgan fingerprint density at radius 1 is 1.40 bits per heavy atom. The normalized spacial score (nSPS) is 17.8. The van der Waals surface area contributed by atoms with Crippen LogP contribution in [0.5, 0.6) is 0 Å². The van der Waals surface area contributed by atoms with Crippen LogP contribution in [0, 0.1) is 11.7 Å². The largest absolute Gasteiger partial charge is 0.348 e. The van der Waals surface area contributed by atoms with Crippen LogP contribution in [0.3, 0.4) is 0 Å². The van der Waals surface area contributed by atoms with Crippen molar-refractivity contribution in [2.45, 2.75) is 38.1 Å². The van der Waals surface area contributed by atoms with Gasteiger partial charge in [-0.1, -0.05) is 35.2 Å². The van der Waals surface area contributed by atoms with Crippen molar-refractivity contribution in [3.05, 3.63) is 34.1 Å². The second kappa shape index (κ2) is 7.18. The molecule has 1 atom stereocenters. The van der Waals surface area contributed by atoms with Crippen LogP contribution >= 0.6 is 15.9 Å². The van der Waals surface area contributed by atoms with E-state index in [1.54, 1.807) is 6.07 Å². The van der Waals surface area contributed by atoms with Gasteiger partial charge < -0.3 is 11.1 Å². The molecule has 0 aromatic heterocycles. The summed E-state index contributed by atoms with van der Waals surface area (Å²) in [6, 6.07) is 4.39. The van der Waals surface area contributed by atoms with Gasteiger partial charge >= 0.3 is 0 Å². The first-order valence-electron chi connectivity index (χ1n) is 7.08. The maximum absolute atomic E-state index is 13.8. The van der Waals surface area contributed by atoms with E-state index in [0.29, 0.717) is 16.9 Å². The first-order chi connectivity index (χ1) is 9.61. The molecule has 1 aromatic carbocycles. The maximum Gasteiger partial charge on any atom is 0.254 e. The lowest BCUT2D eigenvalue weighted by Crippen LogP contribution is -2.46. The van der Waals surface area contributed by atoms with Gasteiger partial charge in [-0.2, -0.15) is 0 Å². The first kappa shape index (κ1) is 15.4. The molecule has 0 radical (unpaired) electrons. The third-order valence-electron chi connectivity index (χ3n) is 3.97. The average Bonchev–Trinajstić information content (AvgIpc) is 2.45. The topological polar surface area (TPSA) is 55.1 Å². The van der Waals surface area contributed by atoms with Crippen molar-refractivity contribution in [2.24, 2.45) is 11.7 Å². The van der Waals surface area contributed by atoms with E-state index in [1.807, 2.05) is 0 Å². The Morgan fingerprint density at radius 2 is 2.10 bits per heavy atom. The van der Waals surface area contributed by atoms with Gasteiger partial charge in [-0.3, -0.25) is 4.79 Å². The Kier molecular flexibility index (Phi) is 5.54. The molecule has 0 aliphatic heterocycles. The number of carbonyl (C=O) groups excluding carboxylic acids is 1. The number of halogens is 2. The molecule has 1 aliphatic rings. The zero-order valence-corrected chi connectivity index (χ0v) is 13.0. The molecule has 1 amide bonds. The Balaban J connectivity index is 2.04. The molecular weight excluding hydrogens is 323 g/mol. The molecule has 2 rings (SSSR count). The lowest BCUT2D eigenvalue weighted by Gasteiger charge is -2.30. The lowest BCUT2D eigenvalue weighted by molar-refractivity contribution is 0.0911. The van der Waals surface area contributed by atoms with Crippen molar-refractivity contribution < 1.29 is 9.18 Å². The fourth-order valence-corrected chi connectivity index (χ4v) is 3.16. The number of carbonyl (C=O) groups is 1. The van der Waals surface area contributed by atoms with Crippen molar-refractivity contribution in [3.63, 3.8) is 0 Å². The van der Waals surface area contributed by atoms with Gasteiger partial charge in [0.25, 0.3) is 5.91 Å². The van der Waals surface area contributed by atoms with Gasteiger partial charge in [0, 0.05) is 17.1 Å². The summed E-state index contributed by atoms with van der Waals surface area (Å²) < 4.78 is 14.4. The molecule has 5 heteroatoms. The molecule has 20 heavy (non-hydrogen) atoms. The van der Waals surface area contributed by atoms with Gasteiger partial charge in [-0.15, -0.1) is 0 Å². The van der Waals surface area contributed by atoms with E-state index < -0.39 is 5.82 Å². The van der Waals surface area contributed by atoms with Gasteiger partial charge in [-0.05, 0) is 37.0 Å². The Hall–Kier alpha value is -0.940. The number of nitrogens with one attached hydrogen (secondary N) is 1. The summed E-state index contributed by atoms with van der Waals surface area (Å²) in [7, 11) is 0. The minimum absolute atomic E-state index is 0.0640. The van der Waals surface area contributed by atoms with Crippen molar-refractivity contribution in [1.82, 2.24) is 5.32 Å². The number of amides is 1. The highest BCUT2D eigenvalue weighted by molar-refractivity contribution is 9.10. The van der Waals surface area contributed by atoms with Crippen LogP contribution in [0.2, 0.25) is 0 Å². The molecule has 1 aliphatic carbocycles. The number of nitrogens with two attached hydrogens (primary N) is 1. The third kappa shape index (κ3) is 3.79. The predicted molar refractivity (Wildman–Crippen MR) is 81.0 cm³/mol. The van der Waals surface area contributed by atoms with Crippen molar-refractivity contribution in [2.75, 3.05) is 6.54 Å². The summed E-state index contributed by atoms with van der Waals surface area (Å²) in [6.07, 6.45) is 5.80. The van der Waals surface area contributed by atoms with Gasteiger partial charge in [-0.25, -0.2) is 4.39 Å². The summed E-state index contributed by atoms with van der Waals surface area (Å²) in [5.41, 5.74) is 5.85. The quantitative estimate of drug-likeness (QED) is 0.882. The number of hydrogen-bond donors (Lipinski definition) is 2. The first-order valence-corrected chi connectivity index (χ1v) is 7.87. The average molecular weight is 343 g/mol. The van der Waals surface area contributed by atoms with Gasteiger partial charge in [0.15, 0.2) is 0 Å². The van der Waals surface area contributed by atoms with Crippen LogP contribution in [0.25, 0.3) is 0 Å². The molecule has 110 valence electrons. The highest BCUT2D eigenvalue weighted by Crippen LogP contribution is 2.26. The second-order valence-corrected chi connectivity index (χ2v) is 6.25. The van der Waals surface area contributed by atoms with E-state index in [0.717, 1.165) is 12.8 Å². The zero-order chi connectivity index (χ0) is 14.5. The van der Waals surface area contributed by atoms with Crippen LogP contribution < -0.4 is 11.1 Å². The van der Waals surface area contributed by atoms with E-state index in [2.05, 4.69) is 21.2 Å². The van der Waals surface area contributed by atoms with E-state index in [1.165, 1.54) is 31.4 Å². The number of benzene rings is 1. The summed E-state index contributed by atoms with van der Waals surface area (Å²) in [4.78, 5) is 12.2. The molecular formula is C15H20BrFN2O. The minimum Gasteiger partial charge on any atom is -0.348 e. The van der Waals surface area contributed by atoms with E-state index in [-0.39, 0.29) is 17.5 Å². The van der Waals surface area contributed by atoms with Crippen molar-refractivity contribution >= 4 is 21.8 Å². The summed E-state index contributed by atoms with van der Waals surface area (Å²) in [6.45, 7) is 0.397. The summed E-state index contributed by atoms with van der Waals surface area (Å²) in [5, 5.41) is 2.89. The van der Waals surface area contributed by atoms with E-state index >= 15 is 0 Å². The van der Waals surface area contributed by atoms with Crippen LogP contribution in [0.15, 0.2) is 22.7 Å². The monoisotopic (exact) mass is 342 g/mol. The summed E-state index contributed by atoms with van der Waals surface area (Å²) >= 11 is 3.18. The van der Waals surface area contributed by atoms with Gasteiger partial charge in [0.05, 0.1) is 5.56 Å². The molecule has 3 nitrogen and oxygen atoms in total. The van der Waals surface area contributed by atoms with Gasteiger partial charge in [0.1, 0.15) is 5.82 Å². The second-order valence-electron chi connectivity index (χ2n) is 5.34.